The van der Waals surface area contributed by atoms with Crippen molar-refractivity contribution in [2.45, 2.75) is 26.4 Å². The number of halogens is 2. The molecule has 0 aliphatic rings. The average Bonchev–Trinajstić information content (AvgIpc) is 2.64. The first-order valence-electron chi connectivity index (χ1n) is 8.39. The number of aromatic nitrogens is 2. The van der Waals surface area contributed by atoms with Gasteiger partial charge in [-0.05, 0) is 48.9 Å². The topological polar surface area (TPSA) is 73.1 Å². The predicted octanol–water partition coefficient (Wildman–Crippen LogP) is 3.00. The molecule has 140 valence electrons. The van der Waals surface area contributed by atoms with Crippen LogP contribution < -0.4 is 16.6 Å². The Hall–Kier alpha value is -2.93. The van der Waals surface area contributed by atoms with Crippen molar-refractivity contribution < 1.29 is 9.18 Å². The molecule has 0 fully saturated rings. The van der Waals surface area contributed by atoms with Gasteiger partial charge in [0.15, 0.2) is 0 Å². The van der Waals surface area contributed by atoms with E-state index in [2.05, 4.69) is 5.32 Å². The summed E-state index contributed by atoms with van der Waals surface area (Å²) in [6.45, 7) is 1.79. The third-order valence-corrected chi connectivity index (χ3v) is 4.30. The first-order chi connectivity index (χ1) is 12.9. The average molecular weight is 390 g/mol. The molecule has 1 heterocycles. The molecule has 1 aromatic heterocycles. The van der Waals surface area contributed by atoms with Crippen molar-refractivity contribution >= 4 is 34.1 Å². The number of rotatable bonds is 5. The molecule has 1 N–H and O–H groups in total. The van der Waals surface area contributed by atoms with Crippen molar-refractivity contribution in [3.8, 4) is 0 Å². The van der Waals surface area contributed by atoms with Crippen LogP contribution in [-0.2, 0) is 17.9 Å². The maximum atomic E-state index is 13.0. The number of nitrogens with one attached hydrogen (secondary N) is 1. The lowest BCUT2D eigenvalue weighted by Gasteiger charge is -2.14. The van der Waals surface area contributed by atoms with Crippen molar-refractivity contribution in [3.63, 3.8) is 0 Å². The molecule has 3 rings (SSSR count). The zero-order valence-electron chi connectivity index (χ0n) is 14.5. The first kappa shape index (κ1) is 18.8. The highest BCUT2D eigenvalue weighted by Gasteiger charge is 2.15. The van der Waals surface area contributed by atoms with E-state index < -0.39 is 23.0 Å². The number of carbonyl (C=O) groups excluding carboxylic acids is 1. The summed E-state index contributed by atoms with van der Waals surface area (Å²) in [6.07, 6.45) is 0.593. The number of hydrogen-bond donors (Lipinski definition) is 1. The van der Waals surface area contributed by atoms with Gasteiger partial charge in [0, 0.05) is 17.3 Å². The van der Waals surface area contributed by atoms with E-state index in [0.717, 1.165) is 4.57 Å². The molecule has 3 aromatic rings. The molecule has 0 unspecified atom stereocenters. The molecule has 0 aliphatic heterocycles. The molecule has 0 radical (unpaired) electrons. The molecule has 27 heavy (non-hydrogen) atoms. The number of fused-ring (bicyclic) bond motifs is 1. The Morgan fingerprint density at radius 1 is 1.11 bits per heavy atom. The number of anilines is 1. The fraction of sp³-hybridized carbons (Fsp3) is 0.211. The molecule has 0 saturated heterocycles. The SMILES string of the molecule is CCCn1c(=O)c2ccc(Cl)cc2n(CC(=O)Nc2ccc(F)cc2)c1=O. The molecule has 8 heteroatoms. The van der Waals surface area contributed by atoms with Crippen molar-refractivity contribution in [2.75, 3.05) is 5.32 Å². The summed E-state index contributed by atoms with van der Waals surface area (Å²) in [7, 11) is 0. The Labute approximate surface area is 158 Å². The molecule has 0 aliphatic carbocycles. The summed E-state index contributed by atoms with van der Waals surface area (Å²) in [5.41, 5.74) is -0.299. The Bertz CT molecular complexity index is 1120. The van der Waals surface area contributed by atoms with Crippen LogP contribution in [0.2, 0.25) is 5.02 Å². The van der Waals surface area contributed by atoms with Crippen LogP contribution in [0.25, 0.3) is 10.9 Å². The quantitative estimate of drug-likeness (QED) is 0.729. The predicted molar refractivity (Wildman–Crippen MR) is 103 cm³/mol. The van der Waals surface area contributed by atoms with Gasteiger partial charge >= 0.3 is 5.69 Å². The molecule has 0 saturated carbocycles. The van der Waals surface area contributed by atoms with Gasteiger partial charge < -0.3 is 5.32 Å². The molecule has 2 aromatic carbocycles. The summed E-state index contributed by atoms with van der Waals surface area (Å²) in [6, 6.07) is 9.87. The summed E-state index contributed by atoms with van der Waals surface area (Å²) in [4.78, 5) is 37.8. The summed E-state index contributed by atoms with van der Waals surface area (Å²) >= 11 is 6.02. The second-order valence-corrected chi connectivity index (χ2v) is 6.48. The number of amides is 1. The van der Waals surface area contributed by atoms with Crippen LogP contribution in [-0.4, -0.2) is 15.0 Å². The van der Waals surface area contributed by atoms with Gasteiger partial charge in [0.25, 0.3) is 5.56 Å². The minimum Gasteiger partial charge on any atom is -0.325 e. The van der Waals surface area contributed by atoms with Crippen LogP contribution in [0.4, 0.5) is 10.1 Å². The number of nitrogens with zero attached hydrogens (tertiary/aromatic N) is 2. The first-order valence-corrected chi connectivity index (χ1v) is 8.77. The van der Waals surface area contributed by atoms with Crippen LogP contribution in [0.15, 0.2) is 52.1 Å². The van der Waals surface area contributed by atoms with Crippen LogP contribution in [0, 0.1) is 5.82 Å². The smallest absolute Gasteiger partial charge is 0.325 e. The third-order valence-electron chi connectivity index (χ3n) is 4.06. The van der Waals surface area contributed by atoms with E-state index in [9.17, 15) is 18.8 Å². The van der Waals surface area contributed by atoms with Crippen LogP contribution in [0.3, 0.4) is 0 Å². The van der Waals surface area contributed by atoms with Gasteiger partial charge in [-0.25, -0.2) is 9.18 Å². The highest BCUT2D eigenvalue weighted by Crippen LogP contribution is 2.16. The maximum Gasteiger partial charge on any atom is 0.331 e. The summed E-state index contributed by atoms with van der Waals surface area (Å²) in [5, 5.41) is 3.26. The molecule has 0 bridgehead atoms. The normalized spacial score (nSPS) is 10.9. The van der Waals surface area contributed by atoms with Gasteiger partial charge in [0.2, 0.25) is 5.91 Å². The van der Waals surface area contributed by atoms with Gasteiger partial charge in [0.1, 0.15) is 12.4 Å². The molecular weight excluding hydrogens is 373 g/mol. The molecule has 0 spiro atoms. The monoisotopic (exact) mass is 389 g/mol. The van der Waals surface area contributed by atoms with Crippen molar-refractivity contribution in [1.82, 2.24) is 9.13 Å². The van der Waals surface area contributed by atoms with E-state index >= 15 is 0 Å². The molecule has 1 amide bonds. The van der Waals surface area contributed by atoms with Crippen molar-refractivity contribution in [1.29, 1.82) is 0 Å². The highest BCUT2D eigenvalue weighted by molar-refractivity contribution is 6.31. The second-order valence-electron chi connectivity index (χ2n) is 6.04. The van der Waals surface area contributed by atoms with Gasteiger partial charge in [-0.15, -0.1) is 0 Å². The van der Waals surface area contributed by atoms with E-state index in [-0.39, 0.29) is 13.1 Å². The van der Waals surface area contributed by atoms with Gasteiger partial charge in [-0.3, -0.25) is 18.7 Å². The van der Waals surface area contributed by atoms with Gasteiger partial charge in [-0.2, -0.15) is 0 Å². The minimum absolute atomic E-state index is 0.246. The largest absolute Gasteiger partial charge is 0.331 e. The Kier molecular flexibility index (Phi) is 5.41. The van der Waals surface area contributed by atoms with E-state index in [1.165, 1.54) is 34.9 Å². The minimum atomic E-state index is -0.578. The molecule has 6 nitrogen and oxygen atoms in total. The third kappa shape index (κ3) is 3.93. The molecular formula is C19H17ClFN3O3. The zero-order chi connectivity index (χ0) is 19.6. The second kappa shape index (κ2) is 7.75. The Morgan fingerprint density at radius 2 is 1.81 bits per heavy atom. The fourth-order valence-electron chi connectivity index (χ4n) is 2.84. The number of benzene rings is 2. The van der Waals surface area contributed by atoms with Crippen LogP contribution in [0.1, 0.15) is 13.3 Å². The highest BCUT2D eigenvalue weighted by atomic mass is 35.5. The van der Waals surface area contributed by atoms with E-state index in [1.807, 2.05) is 6.92 Å². The van der Waals surface area contributed by atoms with Gasteiger partial charge in [0.05, 0.1) is 10.9 Å². The van der Waals surface area contributed by atoms with E-state index in [4.69, 9.17) is 11.6 Å². The summed E-state index contributed by atoms with van der Waals surface area (Å²) < 4.78 is 15.3. The Balaban J connectivity index is 2.05. The lowest BCUT2D eigenvalue weighted by molar-refractivity contribution is -0.116. The van der Waals surface area contributed by atoms with Crippen LogP contribution >= 0.6 is 11.6 Å². The summed E-state index contributed by atoms with van der Waals surface area (Å²) in [5.74, 6) is -0.900. The number of hydrogen-bond acceptors (Lipinski definition) is 3. The maximum absolute atomic E-state index is 13.0. The van der Waals surface area contributed by atoms with Crippen molar-refractivity contribution in [2.24, 2.45) is 0 Å². The van der Waals surface area contributed by atoms with Crippen molar-refractivity contribution in [3.05, 3.63) is 74.1 Å². The Morgan fingerprint density at radius 3 is 2.48 bits per heavy atom. The van der Waals surface area contributed by atoms with Crippen LogP contribution in [0.5, 0.6) is 0 Å². The standard InChI is InChI=1S/C19H17ClFN3O3/c1-2-9-23-18(26)15-8-3-12(20)10-16(15)24(19(23)27)11-17(25)22-14-6-4-13(21)5-7-14/h3-8,10H,2,9,11H2,1H3,(H,22,25). The fourth-order valence-corrected chi connectivity index (χ4v) is 3.01. The van der Waals surface area contributed by atoms with Gasteiger partial charge in [-0.1, -0.05) is 18.5 Å². The van der Waals surface area contributed by atoms with E-state index in [0.29, 0.717) is 28.0 Å². The lowest BCUT2D eigenvalue weighted by Crippen LogP contribution is -2.41. The zero-order valence-corrected chi connectivity index (χ0v) is 15.3. The number of carbonyl (C=O) groups is 1. The lowest BCUT2D eigenvalue weighted by atomic mass is 10.2. The molecule has 0 atom stereocenters. The van der Waals surface area contributed by atoms with E-state index in [1.54, 1.807) is 12.1 Å².